The molecule has 0 unspecified atom stereocenters. The number of nitrogen functional groups attached to an aromatic ring is 1. The maximum atomic E-state index is 5.98. The van der Waals surface area contributed by atoms with E-state index in [1.807, 2.05) is 18.2 Å². The number of nitrogens with two attached hydrogens (primary N) is 1. The van der Waals surface area contributed by atoms with Crippen LogP contribution in [0.1, 0.15) is 5.56 Å². The summed E-state index contributed by atoms with van der Waals surface area (Å²) in [6, 6.07) is 20.2. The Balaban J connectivity index is 1.81. The van der Waals surface area contributed by atoms with Gasteiger partial charge in [-0.25, -0.2) is 0 Å². The van der Waals surface area contributed by atoms with Gasteiger partial charge in [0.05, 0.1) is 11.4 Å². The lowest BCUT2D eigenvalue weighted by Crippen LogP contribution is -2.02. The molecule has 0 radical (unpaired) electrons. The third-order valence-electron chi connectivity index (χ3n) is 3.31. The third kappa shape index (κ3) is 2.70. The normalized spacial score (nSPS) is 10.7. The molecule has 0 aliphatic carbocycles. The summed E-state index contributed by atoms with van der Waals surface area (Å²) in [5.41, 5.74) is 8.70. The monoisotopic (exact) mass is 282 g/mol. The van der Waals surface area contributed by atoms with Crippen molar-refractivity contribution < 1.29 is 0 Å². The Hall–Kier alpha value is -2.19. The van der Waals surface area contributed by atoms with E-state index in [0.29, 0.717) is 10.7 Å². The molecule has 2 nitrogen and oxygen atoms in total. The van der Waals surface area contributed by atoms with Crippen LogP contribution in [0.4, 0.5) is 11.4 Å². The number of hydrogen-bond donors (Lipinski definition) is 2. The van der Waals surface area contributed by atoms with Crippen molar-refractivity contribution in [1.29, 1.82) is 0 Å². The lowest BCUT2D eigenvalue weighted by Gasteiger charge is -2.10. The van der Waals surface area contributed by atoms with Gasteiger partial charge in [0.25, 0.3) is 0 Å². The van der Waals surface area contributed by atoms with E-state index in [1.54, 1.807) is 6.07 Å². The van der Waals surface area contributed by atoms with Crippen molar-refractivity contribution in [3.8, 4) is 0 Å². The minimum atomic E-state index is 0.681. The van der Waals surface area contributed by atoms with Gasteiger partial charge in [0.1, 0.15) is 0 Å². The molecule has 0 saturated carbocycles. The first-order valence-electron chi connectivity index (χ1n) is 6.49. The smallest absolute Gasteiger partial charge is 0.0591 e. The van der Waals surface area contributed by atoms with Crippen LogP contribution in [0.3, 0.4) is 0 Å². The van der Waals surface area contributed by atoms with Crippen LogP contribution in [0.25, 0.3) is 10.8 Å². The van der Waals surface area contributed by atoms with E-state index in [1.165, 1.54) is 16.3 Å². The molecule has 0 aliphatic heterocycles. The fourth-order valence-electron chi connectivity index (χ4n) is 2.23. The zero-order valence-corrected chi connectivity index (χ0v) is 11.7. The van der Waals surface area contributed by atoms with Crippen molar-refractivity contribution in [1.82, 2.24) is 0 Å². The molecule has 0 bridgehead atoms. The van der Waals surface area contributed by atoms with Gasteiger partial charge in [-0.05, 0) is 40.6 Å². The Morgan fingerprint density at radius 1 is 0.900 bits per heavy atom. The van der Waals surface area contributed by atoms with E-state index in [2.05, 4.69) is 41.7 Å². The van der Waals surface area contributed by atoms with E-state index in [4.69, 9.17) is 17.3 Å². The summed E-state index contributed by atoms with van der Waals surface area (Å²) in [7, 11) is 0. The summed E-state index contributed by atoms with van der Waals surface area (Å²) >= 11 is 5.98. The van der Waals surface area contributed by atoms with Crippen LogP contribution in [0, 0.1) is 0 Å². The second-order valence-corrected chi connectivity index (χ2v) is 5.20. The lowest BCUT2D eigenvalue weighted by atomic mass is 10.1. The highest BCUT2D eigenvalue weighted by atomic mass is 35.5. The Labute approximate surface area is 123 Å². The Morgan fingerprint density at radius 3 is 2.55 bits per heavy atom. The second-order valence-electron chi connectivity index (χ2n) is 4.77. The average Bonchev–Trinajstić information content (AvgIpc) is 2.48. The predicted octanol–water partition coefficient (Wildman–Crippen LogP) is 4.69. The highest BCUT2D eigenvalue weighted by Crippen LogP contribution is 2.24. The van der Waals surface area contributed by atoms with Crippen LogP contribution in [-0.2, 0) is 6.54 Å². The molecule has 0 aromatic heterocycles. The molecule has 0 aliphatic rings. The van der Waals surface area contributed by atoms with E-state index >= 15 is 0 Å². The van der Waals surface area contributed by atoms with Crippen molar-refractivity contribution in [2.45, 2.75) is 6.54 Å². The predicted molar refractivity (Wildman–Crippen MR) is 87.1 cm³/mol. The summed E-state index contributed by atoms with van der Waals surface area (Å²) in [5, 5.41) is 6.50. The van der Waals surface area contributed by atoms with Crippen LogP contribution >= 0.6 is 11.6 Å². The van der Waals surface area contributed by atoms with E-state index in [-0.39, 0.29) is 0 Å². The molecule has 0 amide bonds. The highest BCUT2D eigenvalue weighted by Gasteiger charge is 2.01. The van der Waals surface area contributed by atoms with Gasteiger partial charge in [0.2, 0.25) is 0 Å². The number of anilines is 2. The van der Waals surface area contributed by atoms with Crippen LogP contribution in [-0.4, -0.2) is 0 Å². The lowest BCUT2D eigenvalue weighted by molar-refractivity contribution is 1.16. The SMILES string of the molecule is Nc1ccc(Cl)cc1NCc1ccc2ccccc2c1. The summed E-state index contributed by atoms with van der Waals surface area (Å²) in [6.07, 6.45) is 0. The summed E-state index contributed by atoms with van der Waals surface area (Å²) in [6.45, 7) is 0.718. The summed E-state index contributed by atoms with van der Waals surface area (Å²) in [4.78, 5) is 0. The third-order valence-corrected chi connectivity index (χ3v) is 3.55. The standard InChI is InChI=1S/C17H15ClN2/c18-15-7-8-16(19)17(10-15)20-11-12-5-6-13-3-1-2-4-14(13)9-12/h1-10,20H,11,19H2. The maximum absolute atomic E-state index is 5.98. The molecule has 3 aromatic rings. The maximum Gasteiger partial charge on any atom is 0.0591 e. The van der Waals surface area contributed by atoms with E-state index in [0.717, 1.165) is 12.2 Å². The van der Waals surface area contributed by atoms with Crippen molar-refractivity contribution in [3.63, 3.8) is 0 Å². The topological polar surface area (TPSA) is 38.0 Å². The van der Waals surface area contributed by atoms with Gasteiger partial charge < -0.3 is 11.1 Å². The number of fused-ring (bicyclic) bond motifs is 1. The minimum absolute atomic E-state index is 0.681. The molecule has 0 fully saturated rings. The van der Waals surface area contributed by atoms with Gasteiger partial charge in [-0.15, -0.1) is 0 Å². The molecular formula is C17H15ClN2. The summed E-state index contributed by atoms with van der Waals surface area (Å²) in [5.74, 6) is 0. The molecule has 3 aromatic carbocycles. The van der Waals surface area contributed by atoms with Crippen LogP contribution in [0.5, 0.6) is 0 Å². The molecule has 3 heteroatoms. The Bertz CT molecular complexity index is 753. The molecule has 3 N–H and O–H groups in total. The number of benzene rings is 3. The highest BCUT2D eigenvalue weighted by molar-refractivity contribution is 6.31. The molecule has 3 rings (SSSR count). The first kappa shape index (κ1) is 12.8. The van der Waals surface area contributed by atoms with Gasteiger partial charge in [-0.1, -0.05) is 48.0 Å². The molecular weight excluding hydrogens is 268 g/mol. The number of nitrogens with one attached hydrogen (secondary N) is 1. The molecule has 0 spiro atoms. The largest absolute Gasteiger partial charge is 0.397 e. The second kappa shape index (κ2) is 5.43. The summed E-state index contributed by atoms with van der Waals surface area (Å²) < 4.78 is 0. The van der Waals surface area contributed by atoms with E-state index < -0.39 is 0 Å². The van der Waals surface area contributed by atoms with Crippen LogP contribution in [0.2, 0.25) is 5.02 Å². The number of rotatable bonds is 3. The Kier molecular flexibility index (Phi) is 3.48. The number of halogens is 1. The molecule has 0 saturated heterocycles. The van der Waals surface area contributed by atoms with Crippen molar-refractivity contribution >= 4 is 33.7 Å². The molecule has 0 atom stereocenters. The molecule has 20 heavy (non-hydrogen) atoms. The van der Waals surface area contributed by atoms with Crippen molar-refractivity contribution in [2.75, 3.05) is 11.1 Å². The fourth-order valence-corrected chi connectivity index (χ4v) is 2.40. The first-order chi connectivity index (χ1) is 9.72. The minimum Gasteiger partial charge on any atom is -0.397 e. The van der Waals surface area contributed by atoms with Gasteiger partial charge in [0, 0.05) is 11.6 Å². The van der Waals surface area contributed by atoms with Gasteiger partial charge in [-0.2, -0.15) is 0 Å². The first-order valence-corrected chi connectivity index (χ1v) is 6.87. The fraction of sp³-hybridized carbons (Fsp3) is 0.0588. The van der Waals surface area contributed by atoms with Gasteiger partial charge in [0.15, 0.2) is 0 Å². The van der Waals surface area contributed by atoms with Gasteiger partial charge in [-0.3, -0.25) is 0 Å². The van der Waals surface area contributed by atoms with Crippen LogP contribution in [0.15, 0.2) is 60.7 Å². The zero-order chi connectivity index (χ0) is 13.9. The molecule has 100 valence electrons. The van der Waals surface area contributed by atoms with Crippen molar-refractivity contribution in [2.24, 2.45) is 0 Å². The number of hydrogen-bond acceptors (Lipinski definition) is 2. The zero-order valence-electron chi connectivity index (χ0n) is 10.9. The van der Waals surface area contributed by atoms with Crippen LogP contribution < -0.4 is 11.1 Å². The molecule has 0 heterocycles. The Morgan fingerprint density at radius 2 is 1.70 bits per heavy atom. The average molecular weight is 283 g/mol. The van der Waals surface area contributed by atoms with Crippen molar-refractivity contribution in [3.05, 3.63) is 71.2 Å². The van der Waals surface area contributed by atoms with E-state index in [9.17, 15) is 0 Å². The van der Waals surface area contributed by atoms with Gasteiger partial charge >= 0.3 is 0 Å². The quantitative estimate of drug-likeness (QED) is 0.684.